The van der Waals surface area contributed by atoms with Gasteiger partial charge < -0.3 is 10.1 Å². The molecule has 0 aliphatic carbocycles. The molecule has 19 heavy (non-hydrogen) atoms. The topological polar surface area (TPSA) is 45.0 Å². The predicted molar refractivity (Wildman–Crippen MR) is 64.5 cm³/mol. The van der Waals surface area contributed by atoms with E-state index in [1.807, 2.05) is 6.07 Å². The van der Waals surface area contributed by atoms with Crippen LogP contribution in [-0.2, 0) is 12.7 Å². The first-order chi connectivity index (χ1) is 8.92. The summed E-state index contributed by atoms with van der Waals surface area (Å²) in [5.74, 6) is -0.305. The summed E-state index contributed by atoms with van der Waals surface area (Å²) in [4.78, 5) is 0. The highest BCUT2D eigenvalue weighted by Gasteiger charge is 2.35. The Morgan fingerprint density at radius 2 is 2.11 bits per heavy atom. The Kier molecular flexibility index (Phi) is 5.19. The van der Waals surface area contributed by atoms with Gasteiger partial charge in [0.25, 0.3) is 0 Å². The molecule has 0 aliphatic rings. The summed E-state index contributed by atoms with van der Waals surface area (Å²) >= 11 is 0. The van der Waals surface area contributed by atoms with Gasteiger partial charge in [-0.2, -0.15) is 18.4 Å². The van der Waals surface area contributed by atoms with E-state index in [1.54, 1.807) is 20.0 Å². The van der Waals surface area contributed by atoms with Crippen LogP contribution in [0.1, 0.15) is 24.5 Å². The number of alkyl halides is 3. The van der Waals surface area contributed by atoms with Gasteiger partial charge in [-0.15, -0.1) is 0 Å². The zero-order valence-electron chi connectivity index (χ0n) is 10.7. The Morgan fingerprint density at radius 3 is 2.58 bits per heavy atom. The van der Waals surface area contributed by atoms with Crippen LogP contribution in [0.4, 0.5) is 13.2 Å². The predicted octanol–water partition coefficient (Wildman–Crippen LogP) is 3.11. The van der Waals surface area contributed by atoms with Crippen LogP contribution >= 0.6 is 0 Å². The van der Waals surface area contributed by atoms with Crippen LogP contribution in [0.2, 0.25) is 0 Å². The van der Waals surface area contributed by atoms with Gasteiger partial charge in [-0.1, -0.05) is 13.0 Å². The Hall–Kier alpha value is -1.74. The molecule has 6 heteroatoms. The molecule has 0 amide bonds. The number of hydrogen-bond donors (Lipinski definition) is 1. The van der Waals surface area contributed by atoms with E-state index in [0.717, 1.165) is 6.07 Å². The highest BCUT2D eigenvalue weighted by Crippen LogP contribution is 2.37. The van der Waals surface area contributed by atoms with Gasteiger partial charge in [-0.25, -0.2) is 0 Å². The van der Waals surface area contributed by atoms with Crippen LogP contribution in [-0.4, -0.2) is 13.2 Å². The van der Waals surface area contributed by atoms with E-state index in [1.165, 1.54) is 6.07 Å². The largest absolute Gasteiger partial charge is 0.475 e. The molecule has 1 rings (SSSR count). The second-order valence-corrected chi connectivity index (χ2v) is 4.00. The van der Waals surface area contributed by atoms with Gasteiger partial charge in [-0.05, 0) is 31.2 Å². The molecule has 0 aromatic heterocycles. The number of nitriles is 1. The molecule has 1 aromatic carbocycles. The summed E-state index contributed by atoms with van der Waals surface area (Å²) in [5, 5.41) is 11.5. The molecule has 1 unspecified atom stereocenters. The van der Waals surface area contributed by atoms with Crippen LogP contribution in [0.15, 0.2) is 18.2 Å². The molecule has 0 spiro atoms. The van der Waals surface area contributed by atoms with Crippen molar-refractivity contribution in [3.05, 3.63) is 29.3 Å². The summed E-state index contributed by atoms with van der Waals surface area (Å²) in [6, 6.07) is 5.66. The second-order valence-electron chi connectivity index (χ2n) is 4.00. The molecule has 1 N–H and O–H groups in total. The lowest BCUT2D eigenvalue weighted by atomic mass is 10.1. The van der Waals surface area contributed by atoms with Gasteiger partial charge in [-0.3, -0.25) is 0 Å². The number of halogens is 3. The van der Waals surface area contributed by atoms with Gasteiger partial charge in [0.2, 0.25) is 0 Å². The minimum Gasteiger partial charge on any atom is -0.475 e. The maximum atomic E-state index is 12.9. The number of ether oxygens (including phenoxy) is 1. The number of benzene rings is 1. The van der Waals surface area contributed by atoms with E-state index in [4.69, 9.17) is 10.00 Å². The quantitative estimate of drug-likeness (QED) is 0.895. The van der Waals surface area contributed by atoms with Crippen molar-refractivity contribution in [3.63, 3.8) is 0 Å². The van der Waals surface area contributed by atoms with Crippen molar-refractivity contribution in [2.75, 3.05) is 7.05 Å². The van der Waals surface area contributed by atoms with Crippen molar-refractivity contribution in [1.82, 2.24) is 5.32 Å². The third-order valence-electron chi connectivity index (χ3n) is 2.51. The second kappa shape index (κ2) is 6.43. The molecule has 0 bridgehead atoms. The third kappa shape index (κ3) is 4.14. The molecule has 1 aromatic rings. The van der Waals surface area contributed by atoms with E-state index in [0.29, 0.717) is 18.5 Å². The first kappa shape index (κ1) is 15.3. The molecule has 1 atom stereocenters. The fraction of sp³-hybridized carbons (Fsp3) is 0.462. The molecule has 0 saturated carbocycles. The summed E-state index contributed by atoms with van der Waals surface area (Å²) in [5.41, 5.74) is -0.346. The van der Waals surface area contributed by atoms with Crippen LogP contribution in [0.5, 0.6) is 5.75 Å². The van der Waals surface area contributed by atoms with E-state index in [-0.39, 0.29) is 5.75 Å². The first-order valence-electron chi connectivity index (χ1n) is 5.83. The van der Waals surface area contributed by atoms with Crippen molar-refractivity contribution in [2.24, 2.45) is 0 Å². The highest BCUT2D eigenvalue weighted by molar-refractivity contribution is 5.39. The van der Waals surface area contributed by atoms with Crippen LogP contribution < -0.4 is 10.1 Å². The SMILES string of the molecule is CCC(C#N)Oc1ccc(CNC)cc1C(F)(F)F. The number of nitrogens with zero attached hydrogens (tertiary/aromatic N) is 1. The van der Waals surface area contributed by atoms with Crippen LogP contribution in [0, 0.1) is 11.3 Å². The van der Waals surface area contributed by atoms with Crippen molar-refractivity contribution < 1.29 is 17.9 Å². The average molecular weight is 272 g/mol. The lowest BCUT2D eigenvalue weighted by molar-refractivity contribution is -0.139. The highest BCUT2D eigenvalue weighted by atomic mass is 19.4. The molecule has 0 radical (unpaired) electrons. The zero-order valence-corrected chi connectivity index (χ0v) is 10.7. The fourth-order valence-corrected chi connectivity index (χ4v) is 1.57. The van der Waals surface area contributed by atoms with Gasteiger partial charge in [0, 0.05) is 6.54 Å². The molecule has 0 saturated heterocycles. The number of hydrogen-bond acceptors (Lipinski definition) is 3. The van der Waals surface area contributed by atoms with Gasteiger partial charge >= 0.3 is 6.18 Å². The Labute approximate surface area is 110 Å². The maximum absolute atomic E-state index is 12.9. The molecule has 3 nitrogen and oxygen atoms in total. The van der Waals surface area contributed by atoms with E-state index in [2.05, 4.69) is 5.32 Å². The normalized spacial score (nSPS) is 12.8. The Balaban J connectivity index is 3.13. The number of nitrogens with one attached hydrogen (secondary N) is 1. The summed E-state index contributed by atoms with van der Waals surface area (Å²) in [6.07, 6.45) is -5.06. The molecule has 0 aliphatic heterocycles. The lowest BCUT2D eigenvalue weighted by Crippen LogP contribution is -2.17. The standard InChI is InChI=1S/C13H15F3N2O/c1-3-10(7-17)19-12-5-4-9(8-18-2)6-11(12)13(14,15)16/h4-6,10,18H,3,8H2,1-2H3. The smallest absolute Gasteiger partial charge is 0.419 e. The van der Waals surface area contributed by atoms with Gasteiger partial charge in [0.1, 0.15) is 11.8 Å². The minimum atomic E-state index is -4.51. The molecular formula is C13H15F3N2O. The summed E-state index contributed by atoms with van der Waals surface area (Å²) in [6.45, 7) is 2.01. The average Bonchev–Trinajstić information content (AvgIpc) is 2.36. The molecule has 0 fully saturated rings. The lowest BCUT2D eigenvalue weighted by Gasteiger charge is -2.17. The van der Waals surface area contributed by atoms with Crippen LogP contribution in [0.25, 0.3) is 0 Å². The Bertz CT molecular complexity index is 466. The van der Waals surface area contributed by atoms with Crippen molar-refractivity contribution in [2.45, 2.75) is 32.2 Å². The van der Waals surface area contributed by atoms with Crippen molar-refractivity contribution in [3.8, 4) is 11.8 Å². The zero-order chi connectivity index (χ0) is 14.5. The maximum Gasteiger partial charge on any atom is 0.419 e. The summed E-state index contributed by atoms with van der Waals surface area (Å²) < 4.78 is 43.9. The molecular weight excluding hydrogens is 257 g/mol. The summed E-state index contributed by atoms with van der Waals surface area (Å²) in [7, 11) is 1.65. The van der Waals surface area contributed by atoms with Crippen molar-refractivity contribution >= 4 is 0 Å². The third-order valence-corrected chi connectivity index (χ3v) is 2.51. The molecule has 0 heterocycles. The first-order valence-corrected chi connectivity index (χ1v) is 5.83. The minimum absolute atomic E-state index is 0.305. The Morgan fingerprint density at radius 1 is 1.42 bits per heavy atom. The van der Waals surface area contributed by atoms with Gasteiger partial charge in [0.05, 0.1) is 5.56 Å². The van der Waals surface area contributed by atoms with E-state index in [9.17, 15) is 13.2 Å². The van der Waals surface area contributed by atoms with E-state index >= 15 is 0 Å². The van der Waals surface area contributed by atoms with Crippen LogP contribution in [0.3, 0.4) is 0 Å². The number of rotatable bonds is 5. The van der Waals surface area contributed by atoms with Crippen molar-refractivity contribution in [1.29, 1.82) is 5.26 Å². The van der Waals surface area contributed by atoms with E-state index < -0.39 is 17.8 Å². The monoisotopic (exact) mass is 272 g/mol. The fourth-order valence-electron chi connectivity index (χ4n) is 1.57. The van der Waals surface area contributed by atoms with Gasteiger partial charge in [0.15, 0.2) is 6.10 Å². The molecule has 104 valence electrons.